The number of nitrogens with zero attached hydrogens (tertiary/aromatic N) is 7. The van der Waals surface area contributed by atoms with Crippen LogP contribution in [0.3, 0.4) is 0 Å². The first kappa shape index (κ1) is 27.6. The number of rotatable bonds is 10. The van der Waals surface area contributed by atoms with Crippen LogP contribution in [0, 0.1) is 11.3 Å². The summed E-state index contributed by atoms with van der Waals surface area (Å²) in [6.45, 7) is 6.39. The van der Waals surface area contributed by atoms with Gasteiger partial charge in [0.1, 0.15) is 36.3 Å². The minimum atomic E-state index is -0.214. The normalized spacial score (nSPS) is 16.8. The molecule has 2 saturated heterocycles. The van der Waals surface area contributed by atoms with Crippen molar-refractivity contribution in [2.45, 2.75) is 44.4 Å². The number of nitriles is 1. The maximum absolute atomic E-state index is 9.59. The van der Waals surface area contributed by atoms with E-state index in [2.05, 4.69) is 48.5 Å². The van der Waals surface area contributed by atoms with E-state index in [9.17, 15) is 5.26 Å². The smallest absolute Gasteiger partial charge is 0.227 e. The van der Waals surface area contributed by atoms with Crippen LogP contribution in [0.5, 0.6) is 11.5 Å². The molecule has 2 aliphatic heterocycles. The van der Waals surface area contributed by atoms with E-state index < -0.39 is 0 Å². The van der Waals surface area contributed by atoms with Gasteiger partial charge in [-0.15, -0.1) is 0 Å². The van der Waals surface area contributed by atoms with E-state index in [4.69, 9.17) is 14.2 Å². The number of methoxy groups -OCH3 is 1. The van der Waals surface area contributed by atoms with Crippen molar-refractivity contribution in [1.82, 2.24) is 29.6 Å². The zero-order chi connectivity index (χ0) is 28.9. The Morgan fingerprint density at radius 3 is 2.55 bits per heavy atom. The minimum Gasteiger partial charge on any atom is -0.495 e. The highest BCUT2D eigenvalue weighted by Gasteiger charge is 2.30. The second-order valence-corrected chi connectivity index (χ2v) is 10.8. The number of likely N-dealkylation sites (tertiary alicyclic amines) is 1. The topological polar surface area (TPSA) is 123 Å². The van der Waals surface area contributed by atoms with Gasteiger partial charge in [0.25, 0.3) is 0 Å². The summed E-state index contributed by atoms with van der Waals surface area (Å²) >= 11 is 0. The summed E-state index contributed by atoms with van der Waals surface area (Å²) in [6.07, 6.45) is 8.68. The molecular weight excluding hydrogens is 532 g/mol. The molecule has 0 spiro atoms. The maximum atomic E-state index is 9.59. The monoisotopic (exact) mass is 566 g/mol. The number of ether oxygens (including phenoxy) is 3. The van der Waals surface area contributed by atoms with Gasteiger partial charge in [0.05, 0.1) is 44.2 Å². The standard InChI is InChI=1S/C31H34N8O3/c1-21(16-39-20-33-19-36-39)42-29-11-24(3-4-25(29)13-32)26-14-34-31(35-15-26)37-28-6-5-23(12-30(28)40-2)22-7-9-38(10-8-22)27-17-41-18-27/h3-6,11-12,14-15,19-22,27H,7-10,16-18H2,1-2H3,(H,34,35,37)/t21-/m0/s1. The molecule has 4 aromatic rings. The van der Waals surface area contributed by atoms with E-state index in [1.165, 1.54) is 11.9 Å². The van der Waals surface area contributed by atoms with Crippen LogP contribution in [0.4, 0.5) is 11.6 Å². The van der Waals surface area contributed by atoms with E-state index in [0.717, 1.165) is 61.7 Å². The highest BCUT2D eigenvalue weighted by Crippen LogP contribution is 2.36. The molecule has 2 aromatic carbocycles. The Hall–Kier alpha value is -4.53. The predicted molar refractivity (Wildman–Crippen MR) is 157 cm³/mol. The van der Waals surface area contributed by atoms with Gasteiger partial charge in [0.15, 0.2) is 0 Å². The average Bonchev–Trinajstić information content (AvgIpc) is 3.50. The van der Waals surface area contributed by atoms with Gasteiger partial charge in [-0.25, -0.2) is 19.6 Å². The van der Waals surface area contributed by atoms with Crippen LogP contribution in [-0.2, 0) is 11.3 Å². The van der Waals surface area contributed by atoms with Gasteiger partial charge >= 0.3 is 0 Å². The Balaban J connectivity index is 1.11. The fraction of sp³-hybridized carbons (Fsp3) is 0.387. The molecule has 42 heavy (non-hydrogen) atoms. The molecule has 0 unspecified atom stereocenters. The van der Waals surface area contributed by atoms with E-state index in [0.29, 0.717) is 35.8 Å². The number of hydrogen-bond acceptors (Lipinski definition) is 10. The number of hydrogen-bond donors (Lipinski definition) is 1. The Labute approximate surface area is 245 Å². The van der Waals surface area contributed by atoms with Gasteiger partial charge in [-0.1, -0.05) is 12.1 Å². The van der Waals surface area contributed by atoms with Crippen LogP contribution in [0.1, 0.15) is 36.8 Å². The molecule has 0 aliphatic carbocycles. The Kier molecular flexibility index (Phi) is 8.26. The first-order chi connectivity index (χ1) is 20.6. The molecule has 0 amide bonds. The van der Waals surface area contributed by atoms with Gasteiger partial charge in [0, 0.05) is 18.0 Å². The zero-order valence-corrected chi connectivity index (χ0v) is 23.8. The summed E-state index contributed by atoms with van der Waals surface area (Å²) in [6, 6.07) is 14.6. The van der Waals surface area contributed by atoms with Crippen LogP contribution < -0.4 is 14.8 Å². The zero-order valence-electron chi connectivity index (χ0n) is 23.8. The van der Waals surface area contributed by atoms with Crippen LogP contribution in [0.2, 0.25) is 0 Å². The molecule has 11 heteroatoms. The van der Waals surface area contributed by atoms with Crippen molar-refractivity contribution in [1.29, 1.82) is 5.26 Å². The number of anilines is 2. The Bertz CT molecular complexity index is 1530. The molecule has 216 valence electrons. The summed E-state index contributed by atoms with van der Waals surface area (Å²) in [5.74, 6) is 2.25. The SMILES string of the molecule is COc1cc(C2CCN(C3COC3)CC2)ccc1Nc1ncc(-c2ccc(C#N)c(O[C@@H](C)Cn3cncn3)c2)cn1. The third-order valence-electron chi connectivity index (χ3n) is 7.94. The average molecular weight is 567 g/mol. The molecule has 2 aromatic heterocycles. The van der Waals surface area contributed by atoms with E-state index in [1.807, 2.05) is 25.1 Å². The number of nitrogens with one attached hydrogen (secondary N) is 1. The number of aromatic nitrogens is 5. The van der Waals surface area contributed by atoms with Crippen molar-refractivity contribution in [2.75, 3.05) is 38.7 Å². The molecule has 2 aliphatic rings. The minimum absolute atomic E-state index is 0.214. The molecule has 0 radical (unpaired) electrons. The molecule has 1 atom stereocenters. The van der Waals surface area contributed by atoms with Crippen LogP contribution >= 0.6 is 0 Å². The fourth-order valence-corrected chi connectivity index (χ4v) is 5.50. The van der Waals surface area contributed by atoms with E-state index in [-0.39, 0.29) is 6.10 Å². The lowest BCUT2D eigenvalue weighted by atomic mass is 9.88. The van der Waals surface area contributed by atoms with Crippen molar-refractivity contribution >= 4 is 11.6 Å². The lowest BCUT2D eigenvalue weighted by Crippen LogP contribution is -2.51. The second-order valence-electron chi connectivity index (χ2n) is 10.8. The first-order valence-corrected chi connectivity index (χ1v) is 14.2. The van der Waals surface area contributed by atoms with Gasteiger partial charge in [0.2, 0.25) is 5.95 Å². The van der Waals surface area contributed by atoms with Gasteiger partial charge in [-0.05, 0) is 74.2 Å². The summed E-state index contributed by atoms with van der Waals surface area (Å²) < 4.78 is 18.9. The second kappa shape index (κ2) is 12.5. The van der Waals surface area contributed by atoms with Crippen molar-refractivity contribution in [3.63, 3.8) is 0 Å². The van der Waals surface area contributed by atoms with E-state index >= 15 is 0 Å². The molecule has 0 bridgehead atoms. The van der Waals surface area contributed by atoms with Crippen LogP contribution in [-0.4, -0.2) is 75.2 Å². The van der Waals surface area contributed by atoms with Gasteiger partial charge in [-0.2, -0.15) is 10.4 Å². The molecular formula is C31H34N8O3. The summed E-state index contributed by atoms with van der Waals surface area (Å²) in [7, 11) is 1.69. The molecule has 6 rings (SSSR count). The lowest BCUT2D eigenvalue weighted by molar-refractivity contribution is -0.0712. The molecule has 0 saturated carbocycles. The molecule has 2 fully saturated rings. The highest BCUT2D eigenvalue weighted by atomic mass is 16.5. The van der Waals surface area contributed by atoms with Crippen molar-refractivity contribution < 1.29 is 14.2 Å². The van der Waals surface area contributed by atoms with Crippen molar-refractivity contribution in [2.24, 2.45) is 0 Å². The number of piperidine rings is 1. The summed E-state index contributed by atoms with van der Waals surface area (Å²) in [5.41, 5.74) is 4.22. The van der Waals surface area contributed by atoms with Crippen LogP contribution in [0.25, 0.3) is 11.1 Å². The van der Waals surface area contributed by atoms with Crippen molar-refractivity contribution in [3.05, 3.63) is 72.6 Å². The quantitative estimate of drug-likeness (QED) is 0.295. The van der Waals surface area contributed by atoms with E-state index in [1.54, 1.807) is 36.6 Å². The highest BCUT2D eigenvalue weighted by molar-refractivity contribution is 5.68. The fourth-order valence-electron chi connectivity index (χ4n) is 5.50. The predicted octanol–water partition coefficient (Wildman–Crippen LogP) is 4.40. The summed E-state index contributed by atoms with van der Waals surface area (Å²) in [4.78, 5) is 15.6. The maximum Gasteiger partial charge on any atom is 0.227 e. The first-order valence-electron chi connectivity index (χ1n) is 14.2. The Morgan fingerprint density at radius 2 is 1.88 bits per heavy atom. The molecule has 11 nitrogen and oxygen atoms in total. The third-order valence-corrected chi connectivity index (χ3v) is 7.94. The third kappa shape index (κ3) is 6.20. The lowest BCUT2D eigenvalue weighted by Gasteiger charge is -2.41. The van der Waals surface area contributed by atoms with Gasteiger partial charge in [-0.3, -0.25) is 4.90 Å². The molecule has 4 heterocycles. The number of benzene rings is 2. The Morgan fingerprint density at radius 1 is 1.07 bits per heavy atom. The van der Waals surface area contributed by atoms with Gasteiger partial charge < -0.3 is 19.5 Å². The largest absolute Gasteiger partial charge is 0.495 e. The summed E-state index contributed by atoms with van der Waals surface area (Å²) in [5, 5.41) is 17.0. The van der Waals surface area contributed by atoms with Crippen LogP contribution in [0.15, 0.2) is 61.4 Å². The van der Waals surface area contributed by atoms with Crippen molar-refractivity contribution in [3.8, 4) is 28.7 Å². The molecule has 1 N–H and O–H groups in total.